The van der Waals surface area contributed by atoms with Crippen LogP contribution in [0.3, 0.4) is 0 Å². The van der Waals surface area contributed by atoms with Gasteiger partial charge in [0, 0.05) is 45.5 Å². The van der Waals surface area contributed by atoms with Gasteiger partial charge >= 0.3 is 30.3 Å². The first-order chi connectivity index (χ1) is 39.6. The second kappa shape index (κ2) is 25.5. The number of nitrogens with one attached hydrogen (secondary N) is 2. The normalized spacial score (nSPS) is 13.5. The van der Waals surface area contributed by atoms with E-state index < -0.39 is 77.0 Å². The molecule has 0 bridgehead atoms. The molecule has 0 fully saturated rings. The first-order valence-electron chi connectivity index (χ1n) is 25.6. The number of hydrogen-bond donors (Lipinski definition) is 4. The summed E-state index contributed by atoms with van der Waals surface area (Å²) >= 11 is 0. The summed E-state index contributed by atoms with van der Waals surface area (Å²) in [7, 11) is 7.45. The predicted molar refractivity (Wildman–Crippen MR) is 298 cm³/mol. The molecule has 1 aliphatic carbocycles. The van der Waals surface area contributed by atoms with E-state index in [0.717, 1.165) is 29.8 Å². The number of carbonyl (C=O) groups is 7. The standard InChI is InChI=1S/C36H32F3N3O7.C26H23F3N2O4/c1-42(2)33(45)26-18-21(19-29(43)49-20-35(34(46)47)16-15-23-6-5-17-40-31(23)35)9-14-27(26)41-32(44)25-7-4-8-28(48-3)30(25)22-10-12-24(13-11-22)36(37,38)39;1-15-5-4-6-19(23(15)17-8-10-18(11-9-17)26(27,28)29)24(34)30-21-12-7-16(14-22(32)33)13-20(21)25(35)31(2)3/h4-14,17-18H,15-16,19-20H2,1-3H3,(H,41,44)(H,46,47);4-13H,14H2,1-3H3,(H,30,34)(H,32,33). The maximum absolute atomic E-state index is 13.7. The average Bonchev–Trinajstić information content (AvgIpc) is 4.09. The second-order valence-electron chi connectivity index (χ2n) is 19.9. The van der Waals surface area contributed by atoms with E-state index in [9.17, 15) is 65.0 Å². The first-order valence-corrected chi connectivity index (χ1v) is 25.6. The molecule has 0 saturated heterocycles. The molecule has 16 nitrogen and oxygen atoms in total. The van der Waals surface area contributed by atoms with E-state index in [-0.39, 0.29) is 64.2 Å². The number of esters is 1. The van der Waals surface area contributed by atoms with Crippen LogP contribution in [0.1, 0.15) is 86.9 Å². The Morgan fingerprint density at radius 1 is 0.607 bits per heavy atom. The third kappa shape index (κ3) is 14.1. The van der Waals surface area contributed by atoms with Crippen LogP contribution in [0, 0.1) is 6.92 Å². The van der Waals surface area contributed by atoms with Crippen molar-refractivity contribution in [2.24, 2.45) is 0 Å². The highest BCUT2D eigenvalue weighted by atomic mass is 19.4. The number of fused-ring (bicyclic) bond motifs is 1. The smallest absolute Gasteiger partial charge is 0.416 e. The number of aromatic nitrogens is 1. The lowest BCUT2D eigenvalue weighted by atomic mass is 9.86. The number of hydrogen-bond acceptors (Lipinski definition) is 10. The summed E-state index contributed by atoms with van der Waals surface area (Å²) < 4.78 is 89.4. The number of halogens is 6. The number of nitrogens with zero attached hydrogens (tertiary/aromatic N) is 3. The maximum Gasteiger partial charge on any atom is 0.416 e. The largest absolute Gasteiger partial charge is 0.496 e. The van der Waals surface area contributed by atoms with Crippen LogP contribution < -0.4 is 15.4 Å². The molecule has 4 amide bonds. The quantitative estimate of drug-likeness (QED) is 0.0524. The molecule has 8 rings (SSSR count). The highest BCUT2D eigenvalue weighted by molar-refractivity contribution is 6.13. The monoisotopic (exact) mass is 1160 g/mol. The van der Waals surface area contributed by atoms with Crippen molar-refractivity contribution in [3.05, 3.63) is 201 Å². The minimum atomic E-state index is -4.54. The molecular weight excluding hydrogens is 1100 g/mol. The van der Waals surface area contributed by atoms with Gasteiger partial charge in [-0.1, -0.05) is 60.7 Å². The van der Waals surface area contributed by atoms with Crippen LogP contribution in [0.4, 0.5) is 37.7 Å². The van der Waals surface area contributed by atoms with Gasteiger partial charge in [-0.15, -0.1) is 0 Å². The van der Waals surface area contributed by atoms with Crippen molar-refractivity contribution in [1.82, 2.24) is 14.8 Å². The van der Waals surface area contributed by atoms with E-state index in [1.807, 2.05) is 0 Å². The van der Waals surface area contributed by atoms with E-state index in [0.29, 0.717) is 45.5 Å². The van der Waals surface area contributed by atoms with Gasteiger partial charge in [0.15, 0.2) is 0 Å². The van der Waals surface area contributed by atoms with Gasteiger partial charge in [0.1, 0.15) is 17.8 Å². The van der Waals surface area contributed by atoms with Gasteiger partial charge in [0.2, 0.25) is 0 Å². The summed E-state index contributed by atoms with van der Waals surface area (Å²) in [6, 6.07) is 30.7. The van der Waals surface area contributed by atoms with Gasteiger partial charge in [-0.3, -0.25) is 38.5 Å². The molecule has 0 spiro atoms. The van der Waals surface area contributed by atoms with Crippen LogP contribution >= 0.6 is 0 Å². The Morgan fingerprint density at radius 2 is 1.10 bits per heavy atom. The minimum absolute atomic E-state index is 0.0542. The van der Waals surface area contributed by atoms with Gasteiger partial charge in [0.25, 0.3) is 23.6 Å². The molecule has 7 aromatic rings. The second-order valence-corrected chi connectivity index (χ2v) is 19.9. The number of pyridine rings is 1. The van der Waals surface area contributed by atoms with Crippen molar-refractivity contribution >= 4 is 52.9 Å². The van der Waals surface area contributed by atoms with E-state index in [4.69, 9.17) is 14.6 Å². The first kappa shape index (κ1) is 61.8. The number of aryl methyl sites for hydroxylation is 2. The summed E-state index contributed by atoms with van der Waals surface area (Å²) in [5.74, 6) is -4.84. The Hall–Kier alpha value is -9.86. The summed E-state index contributed by atoms with van der Waals surface area (Å²) in [4.78, 5) is 96.1. The van der Waals surface area contributed by atoms with E-state index >= 15 is 0 Å². The number of carboxylic acids is 2. The molecule has 0 radical (unpaired) electrons. The number of ether oxygens (including phenoxy) is 2. The third-order valence-electron chi connectivity index (χ3n) is 13.7. The number of carbonyl (C=O) groups excluding carboxylic acids is 5. The van der Waals surface area contributed by atoms with Crippen LogP contribution in [-0.2, 0) is 56.2 Å². The molecule has 1 aliphatic rings. The van der Waals surface area contributed by atoms with Crippen LogP contribution in [-0.4, -0.2) is 108 Å². The molecule has 1 heterocycles. The van der Waals surface area contributed by atoms with E-state index in [2.05, 4.69) is 15.6 Å². The molecule has 0 aliphatic heterocycles. The summed E-state index contributed by atoms with van der Waals surface area (Å²) in [5, 5.41) is 24.5. The highest BCUT2D eigenvalue weighted by Gasteiger charge is 2.48. The highest BCUT2D eigenvalue weighted by Crippen LogP contribution is 2.40. The number of amides is 4. The molecule has 1 aromatic heterocycles. The number of methoxy groups -OCH3 is 1. The number of benzene rings is 6. The Bertz CT molecular complexity index is 3680. The molecular formula is C62H55F6N5O11. The molecule has 0 saturated carbocycles. The van der Waals surface area contributed by atoms with Crippen molar-refractivity contribution in [1.29, 1.82) is 0 Å². The minimum Gasteiger partial charge on any atom is -0.496 e. The van der Waals surface area contributed by atoms with Gasteiger partial charge in [-0.25, -0.2) is 0 Å². The van der Waals surface area contributed by atoms with Gasteiger partial charge in [0.05, 0.1) is 64.8 Å². The van der Waals surface area contributed by atoms with Crippen molar-refractivity contribution in [2.75, 3.05) is 52.5 Å². The zero-order valence-corrected chi connectivity index (χ0v) is 46.0. The zero-order chi connectivity index (χ0) is 61.4. The van der Waals surface area contributed by atoms with Crippen molar-refractivity contribution in [3.8, 4) is 28.0 Å². The molecule has 22 heteroatoms. The molecule has 1 atom stereocenters. The fourth-order valence-electron chi connectivity index (χ4n) is 9.46. The zero-order valence-electron chi connectivity index (χ0n) is 46.0. The van der Waals surface area contributed by atoms with E-state index in [1.54, 1.807) is 49.4 Å². The maximum atomic E-state index is 13.7. The summed E-state index contributed by atoms with van der Waals surface area (Å²) in [6.45, 7) is 1.33. The molecule has 1 unspecified atom stereocenters. The Balaban J connectivity index is 0.000000255. The van der Waals surface area contributed by atoms with Crippen LogP contribution in [0.15, 0.2) is 140 Å². The van der Waals surface area contributed by atoms with Crippen molar-refractivity contribution in [2.45, 2.75) is 50.4 Å². The molecule has 84 heavy (non-hydrogen) atoms. The number of aliphatic carboxylic acids is 2. The fourth-order valence-corrected chi connectivity index (χ4v) is 9.46. The van der Waals surface area contributed by atoms with Crippen LogP contribution in [0.2, 0.25) is 0 Å². The Morgan fingerprint density at radius 3 is 1.57 bits per heavy atom. The predicted octanol–water partition coefficient (Wildman–Crippen LogP) is 11.0. The van der Waals surface area contributed by atoms with Crippen LogP contribution in [0.5, 0.6) is 5.75 Å². The topological polar surface area (TPSA) is 222 Å². The van der Waals surface area contributed by atoms with Gasteiger partial charge < -0.3 is 40.1 Å². The third-order valence-corrected chi connectivity index (χ3v) is 13.7. The fraction of sp³-hybridized carbons (Fsp3) is 0.226. The summed E-state index contributed by atoms with van der Waals surface area (Å²) in [5.41, 5.74) is 1.67. The molecule has 6 aromatic carbocycles. The van der Waals surface area contributed by atoms with Gasteiger partial charge in [-0.2, -0.15) is 26.3 Å². The Labute approximate surface area is 477 Å². The summed E-state index contributed by atoms with van der Waals surface area (Å²) in [6.07, 6.45) is -7.40. The molecule has 4 N–H and O–H groups in total. The lowest BCUT2D eigenvalue weighted by Crippen LogP contribution is -2.40. The number of alkyl halides is 6. The van der Waals surface area contributed by atoms with Crippen molar-refractivity contribution < 1.29 is 79.6 Å². The number of anilines is 2. The van der Waals surface area contributed by atoms with Gasteiger partial charge in [-0.05, 0) is 132 Å². The average molecular weight is 1160 g/mol. The van der Waals surface area contributed by atoms with E-state index in [1.165, 1.54) is 118 Å². The molecule has 436 valence electrons. The lowest BCUT2D eigenvalue weighted by Gasteiger charge is -2.24. The van der Waals surface area contributed by atoms with Crippen molar-refractivity contribution in [3.63, 3.8) is 0 Å². The van der Waals surface area contributed by atoms with Crippen LogP contribution in [0.25, 0.3) is 22.3 Å². The number of rotatable bonds is 16. The SMILES string of the molecule is COc1cccc(C(=O)Nc2ccc(CC(=O)OCC3(C(=O)O)CCc4cccnc43)cc2C(=O)N(C)C)c1-c1ccc(C(F)(F)F)cc1.Cc1cccc(C(=O)Nc2ccc(CC(=O)O)cc2C(=O)N(C)C)c1-c1ccc(C(F)(F)F)cc1. The number of carboxylic acid groups (broad SMARTS) is 2. The lowest BCUT2D eigenvalue weighted by molar-refractivity contribution is -0.153. The Kier molecular flexibility index (Phi) is 18.8.